The van der Waals surface area contributed by atoms with E-state index in [9.17, 15) is 14.7 Å². The topological polar surface area (TPSA) is 83.8 Å². The van der Waals surface area contributed by atoms with Gasteiger partial charge in [-0.3, -0.25) is 4.79 Å². The lowest BCUT2D eigenvalue weighted by Crippen LogP contribution is -2.19. The summed E-state index contributed by atoms with van der Waals surface area (Å²) in [7, 11) is 1.76. The van der Waals surface area contributed by atoms with Crippen molar-refractivity contribution in [2.24, 2.45) is 11.8 Å². The summed E-state index contributed by atoms with van der Waals surface area (Å²) in [6, 6.07) is 0. The number of aliphatic hydroxyl groups excluding tert-OH is 1. The minimum absolute atomic E-state index is 0.104. The highest BCUT2D eigenvalue weighted by atomic mass is 16.5. The summed E-state index contributed by atoms with van der Waals surface area (Å²) < 4.78 is 5.51. The first-order valence-corrected chi connectivity index (χ1v) is 10.1. The molecule has 2 unspecified atom stereocenters. The van der Waals surface area contributed by atoms with Crippen molar-refractivity contribution in [2.45, 2.75) is 89.8 Å². The van der Waals surface area contributed by atoms with E-state index in [1.165, 1.54) is 12.8 Å². The molecule has 0 spiro atoms. The number of Topliss-reactive ketones (excluding diaryl/α,β-unsaturated/α-hetero) is 1. The van der Waals surface area contributed by atoms with E-state index < -0.39 is 12.1 Å². The van der Waals surface area contributed by atoms with E-state index in [1.807, 2.05) is 0 Å². The van der Waals surface area contributed by atoms with Gasteiger partial charge >= 0.3 is 5.97 Å². The van der Waals surface area contributed by atoms with Crippen LogP contribution in [0.3, 0.4) is 0 Å². The molecule has 1 rings (SSSR count). The zero-order valence-electron chi connectivity index (χ0n) is 16.4. The molecule has 1 saturated carbocycles. The summed E-state index contributed by atoms with van der Waals surface area (Å²) in [4.78, 5) is 22.7. The van der Waals surface area contributed by atoms with E-state index in [2.05, 4.69) is 19.1 Å². The number of aliphatic carboxylic acids is 1. The zero-order valence-corrected chi connectivity index (χ0v) is 16.4. The summed E-state index contributed by atoms with van der Waals surface area (Å²) in [5.41, 5.74) is 0. The third-order valence-electron chi connectivity index (χ3n) is 5.43. The first-order chi connectivity index (χ1) is 12.5. The molecule has 5 nitrogen and oxygen atoms in total. The molecule has 0 bridgehead atoms. The second-order valence-electron chi connectivity index (χ2n) is 7.43. The van der Waals surface area contributed by atoms with Crippen molar-refractivity contribution in [1.29, 1.82) is 0 Å². The minimum atomic E-state index is -1.26. The van der Waals surface area contributed by atoms with Gasteiger partial charge in [0.15, 0.2) is 6.10 Å². The van der Waals surface area contributed by atoms with E-state index in [-0.39, 0.29) is 18.4 Å². The van der Waals surface area contributed by atoms with Crippen LogP contribution in [0.2, 0.25) is 0 Å². The molecule has 1 aliphatic carbocycles. The second-order valence-corrected chi connectivity index (χ2v) is 7.43. The van der Waals surface area contributed by atoms with Crippen molar-refractivity contribution in [1.82, 2.24) is 0 Å². The van der Waals surface area contributed by atoms with Crippen LogP contribution in [0.5, 0.6) is 0 Å². The Bertz CT molecular complexity index is 446. The molecule has 0 heterocycles. The van der Waals surface area contributed by atoms with E-state index in [4.69, 9.17) is 9.84 Å². The highest BCUT2D eigenvalue weighted by Crippen LogP contribution is 2.34. The number of aliphatic hydroxyl groups is 1. The van der Waals surface area contributed by atoms with Crippen LogP contribution in [0.15, 0.2) is 12.2 Å². The second kappa shape index (κ2) is 13.0. The largest absolute Gasteiger partial charge is 0.479 e. The number of carbonyl (C=O) groups excluding carboxylic acids is 1. The third-order valence-corrected chi connectivity index (χ3v) is 5.43. The van der Waals surface area contributed by atoms with Gasteiger partial charge in [0, 0.05) is 19.4 Å². The molecule has 0 aromatic carbocycles. The van der Waals surface area contributed by atoms with Crippen LogP contribution in [-0.4, -0.2) is 41.3 Å². The molecule has 26 heavy (non-hydrogen) atoms. The molecular weight excluding hydrogens is 332 g/mol. The fourth-order valence-electron chi connectivity index (χ4n) is 3.71. The highest BCUT2D eigenvalue weighted by Gasteiger charge is 2.32. The van der Waals surface area contributed by atoms with Gasteiger partial charge in [-0.05, 0) is 38.0 Å². The molecule has 0 aliphatic heterocycles. The molecule has 1 aliphatic rings. The van der Waals surface area contributed by atoms with Crippen LogP contribution in [0, 0.1) is 11.8 Å². The summed E-state index contributed by atoms with van der Waals surface area (Å²) in [5, 5.41) is 17.9. The summed E-state index contributed by atoms with van der Waals surface area (Å²) in [6.07, 6.45) is 12.9. The maximum Gasteiger partial charge on any atom is 0.332 e. The van der Waals surface area contributed by atoms with Crippen LogP contribution >= 0.6 is 0 Å². The van der Waals surface area contributed by atoms with E-state index in [0.717, 1.165) is 38.5 Å². The standard InChI is InChI=1S/C21H36O5/c1-3-4-10-17(26-2)11-8-9-16-14-15-19(22)18(16)12-6-5-7-13-20(23)21(24)25/h8-9,16-18,20,23H,3-7,10-15H2,1-2H3,(H,24,25)/t16-,17?,18+,20?/m0/s1. The Kier molecular flexibility index (Phi) is 11.5. The smallest absolute Gasteiger partial charge is 0.332 e. The Morgan fingerprint density at radius 3 is 2.69 bits per heavy atom. The van der Waals surface area contributed by atoms with Gasteiger partial charge in [0.2, 0.25) is 0 Å². The van der Waals surface area contributed by atoms with Crippen LogP contribution in [0.25, 0.3) is 0 Å². The molecule has 0 amide bonds. The Hall–Kier alpha value is -1.20. The van der Waals surface area contributed by atoms with Gasteiger partial charge in [-0.15, -0.1) is 0 Å². The third kappa shape index (κ3) is 8.45. The molecule has 5 heteroatoms. The van der Waals surface area contributed by atoms with Gasteiger partial charge in [0.05, 0.1) is 6.10 Å². The fraction of sp³-hybridized carbons (Fsp3) is 0.810. The molecule has 4 atom stereocenters. The quantitative estimate of drug-likeness (QED) is 0.356. The van der Waals surface area contributed by atoms with Crippen LogP contribution in [-0.2, 0) is 14.3 Å². The van der Waals surface area contributed by atoms with Crippen molar-refractivity contribution in [3.05, 3.63) is 12.2 Å². The number of hydrogen-bond donors (Lipinski definition) is 2. The van der Waals surface area contributed by atoms with Crippen molar-refractivity contribution >= 4 is 11.8 Å². The van der Waals surface area contributed by atoms with Gasteiger partial charge in [-0.2, -0.15) is 0 Å². The Balaban J connectivity index is 2.33. The van der Waals surface area contributed by atoms with Crippen LogP contribution < -0.4 is 0 Å². The van der Waals surface area contributed by atoms with Crippen molar-refractivity contribution in [2.75, 3.05) is 7.11 Å². The van der Waals surface area contributed by atoms with Gasteiger partial charge < -0.3 is 14.9 Å². The number of unbranched alkanes of at least 4 members (excludes halogenated alkanes) is 3. The molecule has 0 radical (unpaired) electrons. The maximum atomic E-state index is 12.2. The number of rotatable bonds is 14. The molecule has 2 N–H and O–H groups in total. The number of ether oxygens (including phenoxy) is 1. The SMILES string of the molecule is CCCCC(CC=C[C@H]1CCC(=O)[C@@H]1CCCCCC(O)C(=O)O)OC. The van der Waals surface area contributed by atoms with E-state index in [0.29, 0.717) is 24.5 Å². The Morgan fingerprint density at radius 1 is 1.27 bits per heavy atom. The van der Waals surface area contributed by atoms with Crippen LogP contribution in [0.1, 0.15) is 77.6 Å². The lowest BCUT2D eigenvalue weighted by atomic mass is 9.89. The van der Waals surface area contributed by atoms with Crippen molar-refractivity contribution in [3.8, 4) is 0 Å². The van der Waals surface area contributed by atoms with Gasteiger partial charge in [-0.25, -0.2) is 4.79 Å². The Labute approximate surface area is 157 Å². The van der Waals surface area contributed by atoms with Gasteiger partial charge in [0.1, 0.15) is 5.78 Å². The molecule has 0 aromatic rings. The summed E-state index contributed by atoms with van der Waals surface area (Å²) >= 11 is 0. The highest BCUT2D eigenvalue weighted by molar-refractivity contribution is 5.83. The first-order valence-electron chi connectivity index (χ1n) is 10.1. The lowest BCUT2D eigenvalue weighted by molar-refractivity contribution is -0.146. The monoisotopic (exact) mass is 368 g/mol. The average Bonchev–Trinajstić information content (AvgIpc) is 2.97. The predicted molar refractivity (Wildman–Crippen MR) is 102 cm³/mol. The number of ketones is 1. The number of allylic oxidation sites excluding steroid dienone is 1. The van der Waals surface area contributed by atoms with Crippen LogP contribution in [0.4, 0.5) is 0 Å². The van der Waals surface area contributed by atoms with E-state index >= 15 is 0 Å². The van der Waals surface area contributed by atoms with Gasteiger partial charge in [-0.1, -0.05) is 51.2 Å². The summed E-state index contributed by atoms with van der Waals surface area (Å²) in [6.45, 7) is 2.18. The van der Waals surface area contributed by atoms with Crippen molar-refractivity contribution in [3.63, 3.8) is 0 Å². The fourth-order valence-corrected chi connectivity index (χ4v) is 3.71. The molecular formula is C21H36O5. The average molecular weight is 369 g/mol. The predicted octanol–water partition coefficient (Wildman–Crippen LogP) is 4.13. The van der Waals surface area contributed by atoms with Crippen molar-refractivity contribution < 1.29 is 24.5 Å². The molecule has 0 aromatic heterocycles. The first kappa shape index (κ1) is 22.8. The molecule has 150 valence electrons. The summed E-state index contributed by atoms with van der Waals surface area (Å²) in [5.74, 6) is -0.364. The number of carboxylic acids is 1. The number of methoxy groups -OCH3 is 1. The van der Waals surface area contributed by atoms with Gasteiger partial charge in [0.25, 0.3) is 0 Å². The maximum absolute atomic E-state index is 12.2. The number of hydrogen-bond acceptors (Lipinski definition) is 4. The zero-order chi connectivity index (χ0) is 19.4. The number of carboxylic acid groups (broad SMARTS) is 1. The normalized spacial score (nSPS) is 22.8. The molecule has 1 fully saturated rings. The minimum Gasteiger partial charge on any atom is -0.479 e. The lowest BCUT2D eigenvalue weighted by Gasteiger charge is -2.16. The van der Waals surface area contributed by atoms with E-state index in [1.54, 1.807) is 7.11 Å². The Morgan fingerprint density at radius 2 is 2.04 bits per heavy atom. The molecule has 0 saturated heterocycles. The number of carbonyl (C=O) groups is 2.